The molecule has 1 amide bonds. The van der Waals surface area contributed by atoms with Crippen LogP contribution in [0.3, 0.4) is 0 Å². The fourth-order valence-electron chi connectivity index (χ4n) is 4.50. The van der Waals surface area contributed by atoms with Crippen LogP contribution in [0.5, 0.6) is 0 Å². The second kappa shape index (κ2) is 17.2. The van der Waals surface area contributed by atoms with Gasteiger partial charge in [0, 0.05) is 25.8 Å². The van der Waals surface area contributed by atoms with Crippen LogP contribution in [0.1, 0.15) is 25.8 Å². The number of carbonyl (C=O) groups excluding carboxylic acids is 2. The van der Waals surface area contributed by atoms with Crippen molar-refractivity contribution < 1.29 is 41.7 Å². The number of alkyl carbamates (subject to hydrolysis) is 1. The van der Waals surface area contributed by atoms with Crippen LogP contribution in [0, 0.1) is 5.92 Å². The average Bonchev–Trinajstić information content (AvgIpc) is 3.47. The number of rotatable bonds is 17. The molecule has 0 radical (unpaired) electrons. The summed E-state index contributed by atoms with van der Waals surface area (Å²) in [5.41, 5.74) is 7.06. The zero-order chi connectivity index (χ0) is 31.2. The lowest BCUT2D eigenvalue weighted by atomic mass is 10.0. The fourth-order valence-corrected chi connectivity index (χ4v) is 6.12. The summed E-state index contributed by atoms with van der Waals surface area (Å²) in [6.07, 6.45) is -1.43. The van der Waals surface area contributed by atoms with E-state index in [1.807, 2.05) is 44.2 Å². The number of carbonyl (C=O) groups is 2. The van der Waals surface area contributed by atoms with Crippen LogP contribution in [0.4, 0.5) is 10.5 Å². The standard InChI is InChI=1S/C30H43N3O9S/c1-22(2)18-33(43(36,37)26-11-9-24(31)10-12-26)19-28(42-29(34)21-40-16-15-38-3)27(17-23-7-5-4-6-8-23)32-30(35)41-25-13-14-39-20-25/h4-12,22,25,27-28H,13-21,31H2,1-3H3,(H,32,35). The summed E-state index contributed by atoms with van der Waals surface area (Å²) < 4.78 is 56.0. The summed E-state index contributed by atoms with van der Waals surface area (Å²) in [7, 11) is -2.53. The molecule has 1 saturated heterocycles. The summed E-state index contributed by atoms with van der Waals surface area (Å²) in [6.45, 7) is 4.52. The van der Waals surface area contributed by atoms with Gasteiger partial charge >= 0.3 is 12.1 Å². The second-order valence-corrected chi connectivity index (χ2v) is 12.6. The molecule has 0 bridgehead atoms. The van der Waals surface area contributed by atoms with Gasteiger partial charge in [0.15, 0.2) is 0 Å². The fraction of sp³-hybridized carbons (Fsp3) is 0.533. The topological polar surface area (TPSA) is 156 Å². The van der Waals surface area contributed by atoms with Crippen molar-refractivity contribution in [1.29, 1.82) is 0 Å². The molecule has 3 N–H and O–H groups in total. The quantitative estimate of drug-likeness (QED) is 0.153. The molecule has 3 atom stereocenters. The summed E-state index contributed by atoms with van der Waals surface area (Å²) in [4.78, 5) is 26.0. The Hall–Kier alpha value is -3.23. The highest BCUT2D eigenvalue weighted by Crippen LogP contribution is 2.22. The average molecular weight is 622 g/mol. The maximum absolute atomic E-state index is 13.9. The van der Waals surface area contributed by atoms with E-state index in [1.54, 1.807) is 0 Å². The van der Waals surface area contributed by atoms with Crippen LogP contribution >= 0.6 is 0 Å². The first-order valence-corrected chi connectivity index (χ1v) is 15.7. The molecule has 3 rings (SSSR count). The van der Waals surface area contributed by atoms with E-state index in [0.29, 0.717) is 18.7 Å². The number of nitrogen functional groups attached to an aromatic ring is 1. The van der Waals surface area contributed by atoms with E-state index < -0.39 is 40.3 Å². The number of nitrogens with two attached hydrogens (primary N) is 1. The van der Waals surface area contributed by atoms with Crippen molar-refractivity contribution in [3.05, 3.63) is 60.2 Å². The number of anilines is 1. The van der Waals surface area contributed by atoms with E-state index >= 15 is 0 Å². The Morgan fingerprint density at radius 1 is 1.07 bits per heavy atom. The minimum atomic E-state index is -4.04. The molecular weight excluding hydrogens is 578 g/mol. The van der Waals surface area contributed by atoms with Crippen molar-refractivity contribution in [2.45, 2.75) is 49.8 Å². The van der Waals surface area contributed by atoms with E-state index in [1.165, 1.54) is 35.7 Å². The summed E-state index contributed by atoms with van der Waals surface area (Å²) >= 11 is 0. The first kappa shape index (κ1) is 34.3. The van der Waals surface area contributed by atoms with Gasteiger partial charge in [-0.25, -0.2) is 18.0 Å². The molecule has 13 heteroatoms. The third-order valence-corrected chi connectivity index (χ3v) is 8.46. The number of hydrogen-bond acceptors (Lipinski definition) is 10. The predicted molar refractivity (Wildman–Crippen MR) is 160 cm³/mol. The van der Waals surface area contributed by atoms with Gasteiger partial charge in [0.1, 0.15) is 18.8 Å². The molecule has 0 aromatic heterocycles. The van der Waals surface area contributed by atoms with Crippen LogP contribution < -0.4 is 11.1 Å². The van der Waals surface area contributed by atoms with Crippen LogP contribution in [0.25, 0.3) is 0 Å². The molecule has 3 unspecified atom stereocenters. The highest BCUT2D eigenvalue weighted by Gasteiger charge is 2.35. The first-order chi connectivity index (χ1) is 20.6. The van der Waals surface area contributed by atoms with Crippen molar-refractivity contribution in [1.82, 2.24) is 9.62 Å². The molecular formula is C30H43N3O9S. The number of benzene rings is 2. The Bertz CT molecular complexity index is 1240. The van der Waals surface area contributed by atoms with Crippen molar-refractivity contribution >= 4 is 27.8 Å². The van der Waals surface area contributed by atoms with Crippen LogP contribution in [0.2, 0.25) is 0 Å². The predicted octanol–water partition coefficient (Wildman–Crippen LogP) is 2.62. The molecule has 238 valence electrons. The third-order valence-electron chi connectivity index (χ3n) is 6.62. The van der Waals surface area contributed by atoms with Crippen molar-refractivity contribution in [2.75, 3.05) is 59.0 Å². The molecule has 0 spiro atoms. The summed E-state index contributed by atoms with van der Waals surface area (Å²) in [5.74, 6) is -0.780. The van der Waals surface area contributed by atoms with Gasteiger partial charge in [-0.05, 0) is 42.2 Å². The van der Waals surface area contributed by atoms with Crippen LogP contribution in [0.15, 0.2) is 59.5 Å². The lowest BCUT2D eigenvalue weighted by molar-refractivity contribution is -0.156. The molecule has 43 heavy (non-hydrogen) atoms. The number of esters is 1. The number of hydrogen-bond donors (Lipinski definition) is 2. The Morgan fingerprint density at radius 2 is 1.79 bits per heavy atom. The lowest BCUT2D eigenvalue weighted by Crippen LogP contribution is -2.53. The minimum Gasteiger partial charge on any atom is -0.457 e. The molecule has 12 nitrogen and oxygen atoms in total. The van der Waals surface area contributed by atoms with Gasteiger partial charge in [0.2, 0.25) is 10.0 Å². The van der Waals surface area contributed by atoms with E-state index in [4.69, 9.17) is 29.4 Å². The number of methoxy groups -OCH3 is 1. The number of amides is 1. The van der Waals surface area contributed by atoms with Gasteiger partial charge in [-0.3, -0.25) is 0 Å². The maximum atomic E-state index is 13.9. The summed E-state index contributed by atoms with van der Waals surface area (Å²) in [6, 6.07) is 14.3. The van der Waals surface area contributed by atoms with Gasteiger partial charge in [-0.1, -0.05) is 44.2 Å². The number of ether oxygens (including phenoxy) is 5. The van der Waals surface area contributed by atoms with Crippen molar-refractivity contribution in [2.24, 2.45) is 5.92 Å². The van der Waals surface area contributed by atoms with Crippen LogP contribution in [-0.2, 0) is 44.9 Å². The Kier molecular flexibility index (Phi) is 13.7. The first-order valence-electron chi connectivity index (χ1n) is 14.3. The Balaban J connectivity index is 1.94. The van der Waals surface area contributed by atoms with Gasteiger partial charge in [0.25, 0.3) is 0 Å². The lowest BCUT2D eigenvalue weighted by Gasteiger charge is -2.33. The van der Waals surface area contributed by atoms with Crippen molar-refractivity contribution in [3.8, 4) is 0 Å². The van der Waals surface area contributed by atoms with E-state index in [9.17, 15) is 18.0 Å². The van der Waals surface area contributed by atoms with Crippen LogP contribution in [-0.4, -0.2) is 96.3 Å². The number of sulfonamides is 1. The molecule has 1 aliphatic rings. The molecule has 2 aromatic rings. The van der Waals surface area contributed by atoms with E-state index in [-0.39, 0.29) is 56.8 Å². The molecule has 1 aliphatic heterocycles. The molecule has 1 heterocycles. The third kappa shape index (κ3) is 11.4. The number of nitrogens with one attached hydrogen (secondary N) is 1. The van der Waals surface area contributed by atoms with Gasteiger partial charge < -0.3 is 34.7 Å². The smallest absolute Gasteiger partial charge is 0.407 e. The monoisotopic (exact) mass is 621 g/mol. The second-order valence-electron chi connectivity index (χ2n) is 10.7. The molecule has 0 saturated carbocycles. The Morgan fingerprint density at radius 3 is 2.42 bits per heavy atom. The molecule has 2 aromatic carbocycles. The van der Waals surface area contributed by atoms with Crippen molar-refractivity contribution in [3.63, 3.8) is 0 Å². The number of nitrogens with zero attached hydrogens (tertiary/aromatic N) is 1. The highest BCUT2D eigenvalue weighted by atomic mass is 32.2. The Labute approximate surface area is 253 Å². The normalized spacial score (nSPS) is 16.6. The van der Waals surface area contributed by atoms with E-state index in [2.05, 4.69) is 5.32 Å². The zero-order valence-corrected chi connectivity index (χ0v) is 25.8. The largest absolute Gasteiger partial charge is 0.457 e. The molecule has 1 fully saturated rings. The van der Waals surface area contributed by atoms with E-state index in [0.717, 1.165) is 5.56 Å². The van der Waals surface area contributed by atoms with Gasteiger partial charge in [0.05, 0.1) is 43.9 Å². The minimum absolute atomic E-state index is 0.0449. The zero-order valence-electron chi connectivity index (χ0n) is 25.0. The SMILES string of the molecule is COCCOCC(=O)OC(CN(CC(C)C)S(=O)(=O)c1ccc(N)cc1)C(Cc1ccccc1)NC(=O)OC1CCOC1. The maximum Gasteiger partial charge on any atom is 0.407 e. The molecule has 0 aliphatic carbocycles. The highest BCUT2D eigenvalue weighted by molar-refractivity contribution is 7.89. The summed E-state index contributed by atoms with van der Waals surface area (Å²) in [5, 5.41) is 2.84. The van der Waals surface area contributed by atoms with Gasteiger partial charge in [-0.15, -0.1) is 0 Å². The van der Waals surface area contributed by atoms with Gasteiger partial charge in [-0.2, -0.15) is 4.31 Å².